The van der Waals surface area contributed by atoms with Crippen molar-refractivity contribution in [3.63, 3.8) is 0 Å². The van der Waals surface area contributed by atoms with Crippen LogP contribution in [0.15, 0.2) is 41.5 Å². The maximum absolute atomic E-state index is 13.1. The highest BCUT2D eigenvalue weighted by Crippen LogP contribution is 2.37. The molecule has 0 radical (unpaired) electrons. The lowest BCUT2D eigenvalue weighted by molar-refractivity contribution is -0.156. The van der Waals surface area contributed by atoms with Gasteiger partial charge in [0.1, 0.15) is 25.0 Å². The maximum Gasteiger partial charge on any atom is 0.329 e. The van der Waals surface area contributed by atoms with E-state index in [1.54, 1.807) is 13.0 Å². The number of benzene rings is 1. The van der Waals surface area contributed by atoms with Crippen LogP contribution in [0.1, 0.15) is 44.5 Å². The van der Waals surface area contributed by atoms with Crippen LogP contribution in [0.4, 0.5) is 0 Å². The van der Waals surface area contributed by atoms with E-state index in [4.69, 9.17) is 14.5 Å². The van der Waals surface area contributed by atoms with E-state index in [2.05, 4.69) is 13.0 Å². The first kappa shape index (κ1) is 28.6. The van der Waals surface area contributed by atoms with E-state index in [-0.39, 0.29) is 24.6 Å². The summed E-state index contributed by atoms with van der Waals surface area (Å²) in [5.74, 6) is -0.797. The first-order chi connectivity index (χ1) is 18.2. The molecule has 1 aromatic heterocycles. The molecular formula is C29H35N3O6. The number of fused-ring (bicyclic) bond motifs is 2. The predicted molar refractivity (Wildman–Crippen MR) is 144 cm³/mol. The van der Waals surface area contributed by atoms with Gasteiger partial charge < -0.3 is 19.3 Å². The number of aromatic nitrogens is 1. The Balaban J connectivity index is 2.13. The van der Waals surface area contributed by atoms with Crippen molar-refractivity contribution in [1.29, 1.82) is 0 Å². The number of carbonyl (C=O) groups is 4. The van der Waals surface area contributed by atoms with E-state index < -0.39 is 18.1 Å². The number of hydrogen-bond donors (Lipinski definition) is 0. The van der Waals surface area contributed by atoms with Crippen LogP contribution in [0.2, 0.25) is 0 Å². The molecule has 9 heteroatoms. The van der Waals surface area contributed by atoms with Gasteiger partial charge in [-0.25, -0.2) is 9.78 Å². The minimum atomic E-state index is -0.879. The van der Waals surface area contributed by atoms with Crippen molar-refractivity contribution in [3.05, 3.63) is 58.3 Å². The fourth-order valence-corrected chi connectivity index (χ4v) is 5.00. The second-order valence-corrected chi connectivity index (χ2v) is 9.72. The maximum atomic E-state index is 13.1. The van der Waals surface area contributed by atoms with E-state index in [1.807, 2.05) is 44.0 Å². The Hall–Kier alpha value is -4.01. The molecule has 2 unspecified atom stereocenters. The third-order valence-electron chi connectivity index (χ3n) is 6.84. The number of aryl methyl sites for hydroxylation is 1. The summed E-state index contributed by atoms with van der Waals surface area (Å²) in [4.78, 5) is 55.7. The number of amides is 1. The fraction of sp³-hybridized carbons (Fsp3) is 0.414. The number of para-hydroxylation sites is 1. The SMILES string of the molecule is CCc1c2c(nc3ccccc13)/C(=C/C(=C(\C=O)COC=O)C(C)OC(=O)C(C(C)C)N(C)C=O)N(C)C2. The molecule has 0 aliphatic carbocycles. The van der Waals surface area contributed by atoms with Crippen LogP contribution in [0.25, 0.3) is 16.6 Å². The zero-order valence-corrected chi connectivity index (χ0v) is 22.8. The van der Waals surface area contributed by atoms with Crippen molar-refractivity contribution < 1.29 is 28.7 Å². The average molecular weight is 522 g/mol. The largest absolute Gasteiger partial charge is 0.463 e. The molecule has 1 amide bonds. The summed E-state index contributed by atoms with van der Waals surface area (Å²) in [7, 11) is 3.45. The van der Waals surface area contributed by atoms with Crippen molar-refractivity contribution >= 4 is 41.7 Å². The number of rotatable bonds is 12. The minimum Gasteiger partial charge on any atom is -0.463 e. The van der Waals surface area contributed by atoms with Crippen molar-refractivity contribution in [2.24, 2.45) is 5.92 Å². The molecule has 2 heterocycles. The number of ether oxygens (including phenoxy) is 2. The Morgan fingerprint density at radius 1 is 1.18 bits per heavy atom. The van der Waals surface area contributed by atoms with Gasteiger partial charge in [-0.1, -0.05) is 39.0 Å². The quantitative estimate of drug-likeness (QED) is 0.238. The smallest absolute Gasteiger partial charge is 0.329 e. The van der Waals surface area contributed by atoms with Crippen molar-refractivity contribution in [3.8, 4) is 0 Å². The van der Waals surface area contributed by atoms with E-state index >= 15 is 0 Å². The van der Waals surface area contributed by atoms with Crippen molar-refractivity contribution in [2.45, 2.75) is 52.8 Å². The molecule has 0 fully saturated rings. The molecule has 0 bridgehead atoms. The summed E-state index contributed by atoms with van der Waals surface area (Å²) < 4.78 is 10.7. The first-order valence-corrected chi connectivity index (χ1v) is 12.6. The number of aldehydes is 1. The van der Waals surface area contributed by atoms with Gasteiger partial charge in [0.05, 0.1) is 16.9 Å². The number of carbonyl (C=O) groups excluding carboxylic acids is 4. The molecule has 9 nitrogen and oxygen atoms in total. The fourth-order valence-electron chi connectivity index (χ4n) is 5.00. The Morgan fingerprint density at radius 3 is 2.50 bits per heavy atom. The van der Waals surface area contributed by atoms with E-state index in [0.29, 0.717) is 24.8 Å². The number of esters is 1. The van der Waals surface area contributed by atoms with Gasteiger partial charge >= 0.3 is 5.97 Å². The summed E-state index contributed by atoms with van der Waals surface area (Å²) in [6.07, 6.45) is 2.90. The van der Waals surface area contributed by atoms with Crippen molar-refractivity contribution in [2.75, 3.05) is 20.7 Å². The highest BCUT2D eigenvalue weighted by molar-refractivity contribution is 5.88. The normalized spacial score (nSPS) is 16.1. The Bertz CT molecular complexity index is 1280. The lowest BCUT2D eigenvalue weighted by Gasteiger charge is -2.28. The molecule has 0 saturated carbocycles. The molecule has 0 N–H and O–H groups in total. The third kappa shape index (κ3) is 5.77. The average Bonchev–Trinajstić information content (AvgIpc) is 3.20. The van der Waals surface area contributed by atoms with Gasteiger partial charge in [0.2, 0.25) is 6.41 Å². The standard InChI is InChI=1S/C29H35N3O6/c1-7-21-22-10-8-9-11-25(22)30-27-24(21)13-31(5)26(27)12-23(20(14-33)15-37-17-35)19(4)38-29(36)28(18(2)3)32(6)16-34/h8-12,14,16-19,28H,7,13,15H2,1-6H3/b23-20-,26-12-. The topological polar surface area (TPSA) is 106 Å². The van der Waals surface area contributed by atoms with Gasteiger partial charge in [0.25, 0.3) is 6.47 Å². The summed E-state index contributed by atoms with van der Waals surface area (Å²) >= 11 is 0. The minimum absolute atomic E-state index is 0.160. The Kier molecular flexibility index (Phi) is 9.39. The molecule has 1 aliphatic heterocycles. The summed E-state index contributed by atoms with van der Waals surface area (Å²) in [5.41, 5.74) is 5.28. The summed E-state index contributed by atoms with van der Waals surface area (Å²) in [5, 5.41) is 1.11. The lowest BCUT2D eigenvalue weighted by Crippen LogP contribution is -2.43. The van der Waals surface area contributed by atoms with E-state index in [9.17, 15) is 19.2 Å². The molecule has 1 aliphatic rings. The molecule has 2 atom stereocenters. The van der Waals surface area contributed by atoms with E-state index in [0.717, 1.165) is 34.3 Å². The van der Waals surface area contributed by atoms with Crippen molar-refractivity contribution in [1.82, 2.24) is 14.8 Å². The molecular weight excluding hydrogens is 486 g/mol. The highest BCUT2D eigenvalue weighted by Gasteiger charge is 2.31. The van der Waals surface area contributed by atoms with Crippen LogP contribution in [0.3, 0.4) is 0 Å². The van der Waals surface area contributed by atoms with Crippen LogP contribution >= 0.6 is 0 Å². The Labute approximate surface area is 223 Å². The molecule has 38 heavy (non-hydrogen) atoms. The zero-order valence-electron chi connectivity index (χ0n) is 22.8. The lowest BCUT2D eigenvalue weighted by atomic mass is 9.97. The first-order valence-electron chi connectivity index (χ1n) is 12.6. The van der Waals surface area contributed by atoms with Gasteiger partial charge in [0, 0.05) is 42.7 Å². The monoisotopic (exact) mass is 521 g/mol. The molecule has 202 valence electrons. The van der Waals surface area contributed by atoms with Crippen LogP contribution in [-0.2, 0) is 41.6 Å². The third-order valence-corrected chi connectivity index (χ3v) is 6.84. The molecule has 0 saturated heterocycles. The molecule has 1 aromatic carbocycles. The second kappa shape index (κ2) is 12.5. The zero-order chi connectivity index (χ0) is 28.0. The molecule has 2 aromatic rings. The predicted octanol–water partition coefficient (Wildman–Crippen LogP) is 3.30. The summed E-state index contributed by atoms with van der Waals surface area (Å²) in [6, 6.07) is 7.18. The van der Waals surface area contributed by atoms with Gasteiger partial charge in [-0.15, -0.1) is 0 Å². The Morgan fingerprint density at radius 2 is 1.89 bits per heavy atom. The van der Waals surface area contributed by atoms with Gasteiger partial charge in [0.15, 0.2) is 0 Å². The number of pyridine rings is 1. The van der Waals surface area contributed by atoms with Crippen LogP contribution in [-0.4, -0.2) is 72.8 Å². The van der Waals surface area contributed by atoms with E-state index in [1.165, 1.54) is 17.5 Å². The number of hydrogen-bond acceptors (Lipinski definition) is 8. The number of likely N-dealkylation sites (N-methyl/N-ethyl adjacent to an activating group) is 1. The molecule has 0 spiro atoms. The van der Waals surface area contributed by atoms with Gasteiger partial charge in [-0.2, -0.15) is 0 Å². The second-order valence-electron chi connectivity index (χ2n) is 9.72. The molecule has 3 rings (SSSR count). The van der Waals surface area contributed by atoms with Gasteiger partial charge in [-0.05, 0) is 37.0 Å². The summed E-state index contributed by atoms with van der Waals surface area (Å²) in [6.45, 7) is 8.00. The van der Waals surface area contributed by atoms with Gasteiger partial charge in [-0.3, -0.25) is 14.4 Å². The van der Waals surface area contributed by atoms with Crippen LogP contribution < -0.4 is 0 Å². The highest BCUT2D eigenvalue weighted by atomic mass is 16.5. The van der Waals surface area contributed by atoms with Crippen LogP contribution in [0.5, 0.6) is 0 Å². The number of nitrogens with zero attached hydrogens (tertiary/aromatic N) is 3. The van der Waals surface area contributed by atoms with Crippen LogP contribution in [0, 0.1) is 5.92 Å².